The van der Waals surface area contributed by atoms with Crippen molar-refractivity contribution in [2.75, 3.05) is 99.3 Å². The molecule has 71 heavy (non-hydrogen) atoms. The molecule has 1 aromatic heterocycles. The molecular formula is C51H63ClN8O10S. The molecule has 20 heteroatoms. The number of anilines is 5. The second-order valence-corrected chi connectivity index (χ2v) is 22.2. The molecule has 4 heterocycles. The van der Waals surface area contributed by atoms with Crippen LogP contribution in [0.5, 0.6) is 5.88 Å². The van der Waals surface area contributed by atoms with Gasteiger partial charge in [-0.25, -0.2) is 17.9 Å². The molecular weight excluding hydrogens is 952 g/mol. The zero-order chi connectivity index (χ0) is 50.7. The van der Waals surface area contributed by atoms with E-state index in [4.69, 9.17) is 35.5 Å². The van der Waals surface area contributed by atoms with Crippen molar-refractivity contribution in [1.82, 2.24) is 14.6 Å². The number of carbonyl (C=O) groups excluding carboxylic acids is 2. The van der Waals surface area contributed by atoms with Gasteiger partial charge in [0.25, 0.3) is 21.6 Å². The van der Waals surface area contributed by atoms with E-state index >= 15 is 0 Å². The normalized spacial score (nSPS) is 18.7. The Morgan fingerprint density at radius 3 is 2.44 bits per heavy atom. The van der Waals surface area contributed by atoms with Gasteiger partial charge in [-0.15, -0.1) is 0 Å². The number of aromatic nitrogens is 1. The number of nitro benzene ring substituents is 1. The topological polar surface area (TPSA) is 198 Å². The smallest absolute Gasteiger partial charge is 0.415 e. The number of nitrogens with one attached hydrogen (secondary N) is 2. The molecule has 3 aromatic carbocycles. The van der Waals surface area contributed by atoms with Crippen molar-refractivity contribution in [2.45, 2.75) is 76.9 Å². The number of amides is 2. The first-order valence-electron chi connectivity index (χ1n) is 24.0. The highest BCUT2D eigenvalue weighted by Gasteiger charge is 2.33. The third-order valence-electron chi connectivity index (χ3n) is 13.0. The molecule has 1 atom stereocenters. The Kier molecular flexibility index (Phi) is 15.5. The highest BCUT2D eigenvalue weighted by atomic mass is 35.5. The summed E-state index contributed by atoms with van der Waals surface area (Å²) in [5.74, 6) is -0.470. The lowest BCUT2D eigenvalue weighted by atomic mass is 9.72. The molecule has 0 bridgehead atoms. The monoisotopic (exact) mass is 1010 g/mol. The summed E-state index contributed by atoms with van der Waals surface area (Å²) in [6.45, 7) is 15.8. The molecule has 4 aliphatic rings. The summed E-state index contributed by atoms with van der Waals surface area (Å²) < 4.78 is 53.0. The highest BCUT2D eigenvalue weighted by molar-refractivity contribution is 7.90. The lowest BCUT2D eigenvalue weighted by Crippen LogP contribution is -2.47. The van der Waals surface area contributed by atoms with Gasteiger partial charge in [-0.2, -0.15) is 4.98 Å². The molecule has 2 N–H and O–H groups in total. The van der Waals surface area contributed by atoms with E-state index in [1.165, 1.54) is 33.7 Å². The van der Waals surface area contributed by atoms with Gasteiger partial charge >= 0.3 is 6.09 Å². The van der Waals surface area contributed by atoms with Crippen LogP contribution in [-0.4, -0.2) is 126 Å². The molecule has 8 rings (SSSR count). The molecule has 0 radical (unpaired) electrons. The third kappa shape index (κ3) is 12.6. The first kappa shape index (κ1) is 51.4. The van der Waals surface area contributed by atoms with E-state index in [1.54, 1.807) is 46.0 Å². The number of hydrogen-bond donors (Lipinski definition) is 2. The van der Waals surface area contributed by atoms with Crippen molar-refractivity contribution in [3.63, 3.8) is 0 Å². The van der Waals surface area contributed by atoms with Crippen molar-refractivity contribution in [1.29, 1.82) is 0 Å². The first-order chi connectivity index (χ1) is 33.7. The van der Waals surface area contributed by atoms with Gasteiger partial charge in [-0.1, -0.05) is 43.2 Å². The van der Waals surface area contributed by atoms with E-state index < -0.39 is 43.1 Å². The van der Waals surface area contributed by atoms with Crippen LogP contribution in [-0.2, 0) is 24.2 Å². The van der Waals surface area contributed by atoms with Crippen LogP contribution in [0.1, 0.15) is 76.2 Å². The maximum absolute atomic E-state index is 14.5. The number of fused-ring (bicyclic) bond motifs is 1. The van der Waals surface area contributed by atoms with Crippen LogP contribution >= 0.6 is 11.6 Å². The summed E-state index contributed by atoms with van der Waals surface area (Å²) in [6.07, 6.45) is 2.68. The minimum Gasteiger partial charge on any atom is -0.476 e. The molecule has 380 valence electrons. The lowest BCUT2D eigenvalue weighted by Gasteiger charge is -2.39. The molecule has 18 nitrogen and oxygen atoms in total. The summed E-state index contributed by atoms with van der Waals surface area (Å²) in [7, 11) is -3.10. The number of halogens is 1. The SMILES string of the molecule is CN(C(=O)OC(C)(C)C)c1ccc2c(n1)OCCCN2c1cc(N2CCN(CC3=C(c4ccc(Cl)cc4)CC(C)(C)CC3)CC2)ccc1C(=O)NS(=O)(=O)c1ccc(NC[C@H]2COCCO2)c([N+](=O)[O-])c1. The van der Waals surface area contributed by atoms with Gasteiger partial charge in [0, 0.05) is 69.6 Å². The number of benzene rings is 3. The number of sulfonamides is 1. The molecule has 2 fully saturated rings. The second kappa shape index (κ2) is 21.4. The standard InChI is InChI=1S/C51H63ClN8O10S/c1-50(2,3)70-49(62)56(6)46-17-16-43-48(54-46)69-25-7-20-59(43)44-28-37(58-23-21-57(22-24-58)32-35-18-19-51(4,5)30-41(35)34-8-10-36(52)11-9-34)12-14-40(44)47(61)55-71(65,66)39-13-15-42(45(29-39)60(63)64)53-31-38-33-67-26-27-68-38/h8-17,28-29,38,53H,7,18-27,30-33H2,1-6H3,(H,55,61)/t38-/m0/s1. The molecule has 2 amide bonds. The van der Waals surface area contributed by atoms with Crippen molar-refractivity contribution in [3.05, 3.63) is 105 Å². The number of carbonyl (C=O) groups is 2. The quantitative estimate of drug-likeness (QED) is 0.0952. The van der Waals surface area contributed by atoms with Crippen molar-refractivity contribution in [3.8, 4) is 5.88 Å². The minimum absolute atomic E-state index is 0.0307. The Morgan fingerprint density at radius 2 is 1.73 bits per heavy atom. The molecule has 0 saturated carbocycles. The van der Waals surface area contributed by atoms with Gasteiger partial charge in [0.2, 0.25) is 5.88 Å². The number of rotatable bonds is 13. The van der Waals surface area contributed by atoms with Gasteiger partial charge in [0.05, 0.1) is 53.6 Å². The summed E-state index contributed by atoms with van der Waals surface area (Å²) in [4.78, 5) is 51.2. The number of hydrogen-bond acceptors (Lipinski definition) is 15. The molecule has 0 spiro atoms. The maximum atomic E-state index is 14.5. The Labute approximate surface area is 420 Å². The van der Waals surface area contributed by atoms with Crippen LogP contribution < -0.4 is 29.5 Å². The summed E-state index contributed by atoms with van der Waals surface area (Å²) in [5, 5.41) is 15.9. The van der Waals surface area contributed by atoms with Gasteiger partial charge in [-0.05, 0) is 118 Å². The largest absolute Gasteiger partial charge is 0.476 e. The van der Waals surface area contributed by atoms with Crippen LogP contribution in [0.15, 0.2) is 83.3 Å². The molecule has 2 saturated heterocycles. The summed E-state index contributed by atoms with van der Waals surface area (Å²) in [5.41, 5.74) is 4.84. The predicted octanol–water partition coefficient (Wildman–Crippen LogP) is 8.67. The fourth-order valence-corrected chi connectivity index (χ4v) is 10.3. The average molecular weight is 1020 g/mol. The number of nitrogens with zero attached hydrogens (tertiary/aromatic N) is 6. The van der Waals surface area contributed by atoms with Crippen LogP contribution in [0.2, 0.25) is 5.02 Å². The minimum atomic E-state index is -4.65. The molecule has 4 aromatic rings. The number of nitro groups is 1. The Morgan fingerprint density at radius 1 is 0.972 bits per heavy atom. The molecule has 0 unspecified atom stereocenters. The number of pyridine rings is 1. The van der Waals surface area contributed by atoms with Gasteiger partial charge in [0.1, 0.15) is 22.8 Å². The van der Waals surface area contributed by atoms with Crippen LogP contribution in [0.3, 0.4) is 0 Å². The van der Waals surface area contributed by atoms with Crippen LogP contribution in [0, 0.1) is 15.5 Å². The van der Waals surface area contributed by atoms with Gasteiger partial charge < -0.3 is 34.1 Å². The second-order valence-electron chi connectivity index (χ2n) is 20.1. The average Bonchev–Trinajstić information content (AvgIpc) is 3.55. The van der Waals surface area contributed by atoms with Crippen LogP contribution in [0.4, 0.5) is 39.0 Å². The van der Waals surface area contributed by atoms with E-state index in [9.17, 15) is 28.1 Å². The molecule has 1 aliphatic carbocycles. The van der Waals surface area contributed by atoms with E-state index in [-0.39, 0.29) is 47.6 Å². The highest BCUT2D eigenvalue weighted by Crippen LogP contribution is 2.44. The van der Waals surface area contributed by atoms with Gasteiger partial charge in [-0.3, -0.25) is 24.7 Å². The van der Waals surface area contributed by atoms with Crippen molar-refractivity contribution < 1.29 is 41.9 Å². The van der Waals surface area contributed by atoms with E-state index in [1.807, 2.05) is 29.2 Å². The predicted molar refractivity (Wildman–Crippen MR) is 274 cm³/mol. The Hall–Kier alpha value is -5.99. The number of piperazine rings is 1. The lowest BCUT2D eigenvalue weighted by molar-refractivity contribution is -0.384. The molecule has 3 aliphatic heterocycles. The zero-order valence-electron chi connectivity index (χ0n) is 41.2. The van der Waals surface area contributed by atoms with E-state index in [2.05, 4.69) is 45.8 Å². The van der Waals surface area contributed by atoms with Crippen LogP contribution in [0.25, 0.3) is 5.57 Å². The fraction of sp³-hybridized carbons (Fsp3) is 0.471. The van der Waals surface area contributed by atoms with Crippen molar-refractivity contribution >= 4 is 73.5 Å². The number of allylic oxidation sites excluding steroid dienone is 1. The summed E-state index contributed by atoms with van der Waals surface area (Å²) >= 11 is 6.28. The fourth-order valence-electron chi connectivity index (χ4n) is 9.23. The first-order valence-corrected chi connectivity index (χ1v) is 25.8. The Bertz CT molecular complexity index is 2770. The number of ether oxygens (including phenoxy) is 4. The maximum Gasteiger partial charge on any atom is 0.415 e. The third-order valence-corrected chi connectivity index (χ3v) is 14.6. The van der Waals surface area contributed by atoms with E-state index in [0.717, 1.165) is 50.7 Å². The summed E-state index contributed by atoms with van der Waals surface area (Å²) in [6, 6.07) is 20.3. The Balaban J connectivity index is 1.08. The van der Waals surface area contributed by atoms with Crippen molar-refractivity contribution in [2.24, 2.45) is 5.41 Å². The van der Waals surface area contributed by atoms with Gasteiger partial charge in [0.15, 0.2) is 0 Å². The van der Waals surface area contributed by atoms with E-state index in [0.29, 0.717) is 62.3 Å². The zero-order valence-corrected chi connectivity index (χ0v) is 42.7.